The first-order chi connectivity index (χ1) is 23.7. The van der Waals surface area contributed by atoms with Gasteiger partial charge in [-0.25, -0.2) is 0 Å². The van der Waals surface area contributed by atoms with E-state index in [1.54, 1.807) is 13.8 Å². The van der Waals surface area contributed by atoms with E-state index in [9.17, 15) is 19.5 Å². The quantitative estimate of drug-likeness (QED) is 0.198. The van der Waals surface area contributed by atoms with Gasteiger partial charge in [0, 0.05) is 18.4 Å². The van der Waals surface area contributed by atoms with Crippen LogP contribution >= 0.6 is 0 Å². The molecule has 0 spiro atoms. The van der Waals surface area contributed by atoms with Crippen LogP contribution in [0, 0.1) is 69.0 Å². The molecule has 6 rings (SSSR count). The zero-order valence-electron chi connectivity index (χ0n) is 33.3. The van der Waals surface area contributed by atoms with E-state index in [1.807, 2.05) is 0 Å². The number of amides is 1. The lowest BCUT2D eigenvalue weighted by Crippen LogP contribution is -2.67. The second-order valence-corrected chi connectivity index (χ2v) is 20.2. The van der Waals surface area contributed by atoms with Crippen LogP contribution in [0.15, 0.2) is 36.4 Å². The van der Waals surface area contributed by atoms with Crippen molar-refractivity contribution in [3.05, 3.63) is 47.5 Å². The lowest BCUT2D eigenvalue weighted by molar-refractivity contribution is -0.250. The van der Waals surface area contributed by atoms with E-state index >= 15 is 0 Å². The standard InChI is InChI=1S/C45H67NO5/c1-28(2)31-17-22-45(25-36(47)46-27-30-13-11-29(3)12-14-30)24-23-43(9)32(38(31)45)15-16-34-42(8)20-19-35(51-37(48)26-40(4,5)39(49)50)41(6,7)33(42)18-21-44(34,43)10/h11-14,31-35,38H,1,15-27H2,2-10H3,(H,46,47)(H,49,50)/t31-,32+,33-,34+,35-,38+,42-,43+,44+,45?/m0/s1. The highest BCUT2D eigenvalue weighted by molar-refractivity contribution is 5.81. The topological polar surface area (TPSA) is 92.7 Å². The van der Waals surface area contributed by atoms with Crippen LogP contribution in [-0.4, -0.2) is 29.1 Å². The zero-order valence-corrected chi connectivity index (χ0v) is 33.3. The van der Waals surface area contributed by atoms with E-state index in [-0.39, 0.29) is 45.5 Å². The first-order valence-corrected chi connectivity index (χ1v) is 20.1. The smallest absolute Gasteiger partial charge is 0.309 e. The Labute approximate surface area is 308 Å². The van der Waals surface area contributed by atoms with Gasteiger partial charge in [0.15, 0.2) is 0 Å². The third kappa shape index (κ3) is 6.20. The number of hydrogen-bond donors (Lipinski definition) is 2. The van der Waals surface area contributed by atoms with Crippen molar-refractivity contribution >= 4 is 17.8 Å². The van der Waals surface area contributed by atoms with E-state index in [1.165, 1.54) is 36.8 Å². The number of carboxylic acid groups (broad SMARTS) is 1. The number of allylic oxidation sites excluding steroid dienone is 1. The molecule has 0 saturated heterocycles. The molecule has 5 saturated carbocycles. The fraction of sp³-hybridized carbons (Fsp3) is 0.756. The van der Waals surface area contributed by atoms with Gasteiger partial charge in [0.25, 0.3) is 0 Å². The summed E-state index contributed by atoms with van der Waals surface area (Å²) >= 11 is 0. The van der Waals surface area contributed by atoms with E-state index in [0.29, 0.717) is 42.6 Å². The van der Waals surface area contributed by atoms with Crippen molar-refractivity contribution in [2.45, 2.75) is 152 Å². The number of benzene rings is 1. The Morgan fingerprint density at radius 3 is 2.22 bits per heavy atom. The SMILES string of the molecule is C=C(C)[C@@H]1CCC2(CC(=O)NCc3ccc(C)cc3)CC[C@]3(C)[C@H](CC[C@@H]4[C@@]5(C)CC[C@H](OC(=O)CC(C)(C)C(=O)O)C(C)(C)[C@@H]5CC[C@]43C)[C@@H]12. The molecule has 0 aromatic heterocycles. The third-order valence-electron chi connectivity index (χ3n) is 16.7. The highest BCUT2D eigenvalue weighted by Crippen LogP contribution is 2.78. The van der Waals surface area contributed by atoms with Crippen LogP contribution in [0.4, 0.5) is 0 Å². The Morgan fingerprint density at radius 1 is 0.882 bits per heavy atom. The van der Waals surface area contributed by atoms with Gasteiger partial charge in [0.05, 0.1) is 11.8 Å². The molecule has 282 valence electrons. The van der Waals surface area contributed by atoms with E-state index < -0.39 is 17.4 Å². The van der Waals surface area contributed by atoms with E-state index in [2.05, 4.69) is 84.6 Å². The summed E-state index contributed by atoms with van der Waals surface area (Å²) in [6.45, 7) is 25.1. The summed E-state index contributed by atoms with van der Waals surface area (Å²) in [5.74, 6) is 1.38. The number of aryl methyl sites for hydroxylation is 1. The van der Waals surface area contributed by atoms with Gasteiger partial charge >= 0.3 is 11.9 Å². The van der Waals surface area contributed by atoms with Gasteiger partial charge in [0.2, 0.25) is 5.91 Å². The van der Waals surface area contributed by atoms with Crippen molar-refractivity contribution in [2.24, 2.45) is 62.1 Å². The van der Waals surface area contributed by atoms with E-state index in [4.69, 9.17) is 4.74 Å². The molecule has 6 heteroatoms. The Balaban J connectivity index is 1.22. The average molecular weight is 702 g/mol. The van der Waals surface area contributed by atoms with Crippen molar-refractivity contribution < 1.29 is 24.2 Å². The molecule has 10 atom stereocenters. The molecule has 0 bridgehead atoms. The van der Waals surface area contributed by atoms with Crippen LogP contribution in [0.3, 0.4) is 0 Å². The minimum absolute atomic E-state index is 0.0363. The molecule has 5 fully saturated rings. The number of carboxylic acids is 1. The maximum atomic E-state index is 13.8. The summed E-state index contributed by atoms with van der Waals surface area (Å²) in [7, 11) is 0. The van der Waals surface area contributed by atoms with Crippen LogP contribution in [0.1, 0.15) is 144 Å². The Kier molecular flexibility index (Phi) is 9.75. The highest BCUT2D eigenvalue weighted by atomic mass is 16.5. The van der Waals surface area contributed by atoms with Crippen LogP contribution in [0.5, 0.6) is 0 Å². The predicted molar refractivity (Wildman–Crippen MR) is 203 cm³/mol. The van der Waals surface area contributed by atoms with Gasteiger partial charge < -0.3 is 15.2 Å². The fourth-order valence-electron chi connectivity index (χ4n) is 13.7. The van der Waals surface area contributed by atoms with Crippen molar-refractivity contribution in [3.8, 4) is 0 Å². The molecular formula is C45H67NO5. The Bertz CT molecular complexity index is 1540. The number of rotatable bonds is 9. The molecule has 1 aromatic rings. The number of ether oxygens (including phenoxy) is 1. The molecular weight excluding hydrogens is 634 g/mol. The van der Waals surface area contributed by atoms with Crippen molar-refractivity contribution in [1.29, 1.82) is 0 Å². The summed E-state index contributed by atoms with van der Waals surface area (Å²) in [6, 6.07) is 8.47. The predicted octanol–water partition coefficient (Wildman–Crippen LogP) is 10.1. The third-order valence-corrected chi connectivity index (χ3v) is 16.7. The number of fused-ring (bicyclic) bond motifs is 7. The molecule has 5 aliphatic rings. The number of hydrogen-bond acceptors (Lipinski definition) is 4. The minimum atomic E-state index is -1.14. The lowest BCUT2D eigenvalue weighted by atomic mass is 9.32. The summed E-state index contributed by atoms with van der Waals surface area (Å²) in [6.07, 6.45) is 11.5. The molecule has 1 unspecified atom stereocenters. The summed E-state index contributed by atoms with van der Waals surface area (Å²) in [5, 5.41) is 12.9. The molecule has 0 heterocycles. The second-order valence-electron chi connectivity index (χ2n) is 20.2. The van der Waals surface area contributed by atoms with Gasteiger partial charge in [-0.15, -0.1) is 0 Å². The first kappa shape index (κ1) is 38.1. The van der Waals surface area contributed by atoms with Gasteiger partial charge in [-0.2, -0.15) is 0 Å². The van der Waals surface area contributed by atoms with Crippen LogP contribution in [-0.2, 0) is 25.7 Å². The molecule has 5 aliphatic carbocycles. The van der Waals surface area contributed by atoms with E-state index in [0.717, 1.165) is 44.1 Å². The average Bonchev–Trinajstić information content (AvgIpc) is 3.42. The molecule has 1 aromatic carbocycles. The van der Waals surface area contributed by atoms with Crippen LogP contribution in [0.25, 0.3) is 0 Å². The first-order valence-electron chi connectivity index (χ1n) is 20.1. The van der Waals surface area contributed by atoms with Gasteiger partial charge in [-0.3, -0.25) is 14.4 Å². The maximum Gasteiger partial charge on any atom is 0.309 e. The molecule has 51 heavy (non-hydrogen) atoms. The van der Waals surface area contributed by atoms with Gasteiger partial charge in [-0.05, 0) is 149 Å². The lowest BCUT2D eigenvalue weighted by Gasteiger charge is -2.73. The minimum Gasteiger partial charge on any atom is -0.481 e. The monoisotopic (exact) mass is 702 g/mol. The van der Waals surface area contributed by atoms with Crippen molar-refractivity contribution in [3.63, 3.8) is 0 Å². The maximum absolute atomic E-state index is 13.8. The second kappa shape index (κ2) is 13.0. The summed E-state index contributed by atoms with van der Waals surface area (Å²) < 4.78 is 6.18. The van der Waals surface area contributed by atoms with Gasteiger partial charge in [-0.1, -0.05) is 76.6 Å². The summed E-state index contributed by atoms with van der Waals surface area (Å²) in [4.78, 5) is 38.6. The number of nitrogens with one attached hydrogen (secondary N) is 1. The van der Waals surface area contributed by atoms with Crippen LogP contribution < -0.4 is 5.32 Å². The summed E-state index contributed by atoms with van der Waals surface area (Å²) in [5.41, 5.74) is 2.90. The number of aliphatic carboxylic acids is 1. The molecule has 6 nitrogen and oxygen atoms in total. The molecule has 2 N–H and O–H groups in total. The number of esters is 1. The van der Waals surface area contributed by atoms with Crippen LogP contribution in [0.2, 0.25) is 0 Å². The normalized spacial score (nSPS) is 39.8. The van der Waals surface area contributed by atoms with Gasteiger partial charge in [0.1, 0.15) is 6.10 Å². The molecule has 0 aliphatic heterocycles. The fourth-order valence-corrected chi connectivity index (χ4v) is 13.7. The largest absolute Gasteiger partial charge is 0.481 e. The zero-order chi connectivity index (χ0) is 37.4. The highest BCUT2D eigenvalue weighted by Gasteiger charge is 2.71. The Morgan fingerprint density at radius 2 is 1.57 bits per heavy atom. The molecule has 0 radical (unpaired) electrons. The Hall–Kier alpha value is -2.63. The number of carbonyl (C=O) groups excluding carboxylic acids is 2. The number of carbonyl (C=O) groups is 3. The van der Waals surface area contributed by atoms with Crippen molar-refractivity contribution in [2.75, 3.05) is 0 Å². The molecule has 1 amide bonds. The van der Waals surface area contributed by atoms with Crippen molar-refractivity contribution in [1.82, 2.24) is 5.32 Å².